The Bertz CT molecular complexity index is 449. The Kier molecular flexibility index (Phi) is 6.82. The Balaban J connectivity index is 2.28. The van der Waals surface area contributed by atoms with Crippen molar-refractivity contribution >= 4 is 23.2 Å². The summed E-state index contributed by atoms with van der Waals surface area (Å²) in [6.45, 7) is 6.06. The number of amides is 1. The summed E-state index contributed by atoms with van der Waals surface area (Å²) in [5, 5.41) is 3.36. The van der Waals surface area contributed by atoms with E-state index in [9.17, 15) is 4.79 Å². The fourth-order valence-corrected chi connectivity index (χ4v) is 1.85. The van der Waals surface area contributed by atoms with Crippen molar-refractivity contribution in [1.82, 2.24) is 10.2 Å². The van der Waals surface area contributed by atoms with Gasteiger partial charge in [-0.3, -0.25) is 4.79 Å². The summed E-state index contributed by atoms with van der Waals surface area (Å²) >= 11 is 5.82. The van der Waals surface area contributed by atoms with E-state index in [-0.39, 0.29) is 5.91 Å². The van der Waals surface area contributed by atoms with Crippen molar-refractivity contribution in [3.63, 3.8) is 0 Å². The predicted octanol–water partition coefficient (Wildman–Crippen LogP) is 2.77. The number of carbonyl (C=O) groups excluding carboxylic acids is 1. The van der Waals surface area contributed by atoms with Crippen LogP contribution in [0.5, 0.6) is 0 Å². The minimum Gasteiger partial charge on any atom is -0.398 e. The van der Waals surface area contributed by atoms with Crippen molar-refractivity contribution in [2.24, 2.45) is 0 Å². The lowest BCUT2D eigenvalue weighted by atomic mass is 10.2. The highest BCUT2D eigenvalue weighted by molar-refractivity contribution is 6.33. The van der Waals surface area contributed by atoms with Gasteiger partial charge in [-0.1, -0.05) is 11.6 Å². The van der Waals surface area contributed by atoms with Crippen LogP contribution >= 0.6 is 11.6 Å². The van der Waals surface area contributed by atoms with E-state index in [1.165, 1.54) is 0 Å². The molecule has 0 heterocycles. The monoisotopic (exact) mass is 297 g/mol. The molecule has 112 valence electrons. The fourth-order valence-electron chi connectivity index (χ4n) is 1.73. The molecule has 0 radical (unpaired) electrons. The van der Waals surface area contributed by atoms with Crippen molar-refractivity contribution < 1.29 is 4.79 Å². The van der Waals surface area contributed by atoms with Crippen LogP contribution in [0.4, 0.5) is 5.69 Å². The zero-order valence-corrected chi connectivity index (χ0v) is 13.2. The molecule has 1 aromatic carbocycles. The first kappa shape index (κ1) is 16.8. The van der Waals surface area contributed by atoms with Gasteiger partial charge in [0.25, 0.3) is 5.91 Å². The molecule has 0 aliphatic carbocycles. The molecule has 3 N–H and O–H groups in total. The SMILES string of the molecule is CC(C)N(C)CCCCNC(=O)c1ccc(Cl)c(N)c1. The van der Waals surface area contributed by atoms with Gasteiger partial charge in [-0.2, -0.15) is 0 Å². The van der Waals surface area contributed by atoms with Crippen molar-refractivity contribution in [3.05, 3.63) is 28.8 Å². The van der Waals surface area contributed by atoms with Crippen molar-refractivity contribution in [3.8, 4) is 0 Å². The summed E-state index contributed by atoms with van der Waals surface area (Å²) in [7, 11) is 2.11. The van der Waals surface area contributed by atoms with E-state index in [2.05, 4.69) is 31.1 Å². The minimum absolute atomic E-state index is 0.106. The molecule has 0 saturated heterocycles. The molecule has 1 amide bonds. The Morgan fingerprint density at radius 3 is 2.70 bits per heavy atom. The zero-order valence-electron chi connectivity index (χ0n) is 12.4. The van der Waals surface area contributed by atoms with Crippen LogP contribution in [0.3, 0.4) is 0 Å². The highest BCUT2D eigenvalue weighted by Gasteiger charge is 2.07. The maximum absolute atomic E-state index is 11.9. The summed E-state index contributed by atoms with van der Waals surface area (Å²) in [5.74, 6) is -0.106. The number of unbranched alkanes of at least 4 members (excludes halogenated alkanes) is 1. The van der Waals surface area contributed by atoms with E-state index < -0.39 is 0 Å². The maximum Gasteiger partial charge on any atom is 0.251 e. The highest BCUT2D eigenvalue weighted by Crippen LogP contribution is 2.19. The van der Waals surface area contributed by atoms with Gasteiger partial charge >= 0.3 is 0 Å². The second kappa shape index (κ2) is 8.12. The number of nitrogens with one attached hydrogen (secondary N) is 1. The van der Waals surface area contributed by atoms with Gasteiger partial charge in [-0.05, 0) is 58.5 Å². The molecule has 0 aliphatic rings. The van der Waals surface area contributed by atoms with Crippen LogP contribution in [0.25, 0.3) is 0 Å². The van der Waals surface area contributed by atoms with E-state index in [1.807, 2.05) is 0 Å². The van der Waals surface area contributed by atoms with E-state index in [0.717, 1.165) is 19.4 Å². The van der Waals surface area contributed by atoms with Crippen LogP contribution in [0.15, 0.2) is 18.2 Å². The first-order chi connectivity index (χ1) is 9.41. The van der Waals surface area contributed by atoms with E-state index in [0.29, 0.717) is 28.9 Å². The first-order valence-electron chi connectivity index (χ1n) is 6.95. The number of hydrogen-bond donors (Lipinski definition) is 2. The first-order valence-corrected chi connectivity index (χ1v) is 7.33. The smallest absolute Gasteiger partial charge is 0.251 e. The van der Waals surface area contributed by atoms with Gasteiger partial charge < -0.3 is 16.0 Å². The second-order valence-corrected chi connectivity index (χ2v) is 5.68. The number of nitrogen functional groups attached to an aromatic ring is 1. The average Bonchev–Trinajstić information content (AvgIpc) is 2.40. The van der Waals surface area contributed by atoms with Crippen LogP contribution in [-0.4, -0.2) is 37.0 Å². The van der Waals surface area contributed by atoms with Crippen LogP contribution in [0.1, 0.15) is 37.0 Å². The fraction of sp³-hybridized carbons (Fsp3) is 0.533. The molecule has 0 aromatic heterocycles. The molecular weight excluding hydrogens is 274 g/mol. The summed E-state index contributed by atoms with van der Waals surface area (Å²) in [6.07, 6.45) is 2.03. The van der Waals surface area contributed by atoms with Crippen LogP contribution in [0.2, 0.25) is 5.02 Å². The second-order valence-electron chi connectivity index (χ2n) is 5.27. The van der Waals surface area contributed by atoms with E-state index >= 15 is 0 Å². The molecule has 1 rings (SSSR count). The molecule has 0 saturated carbocycles. The lowest BCUT2D eigenvalue weighted by Gasteiger charge is -2.20. The third-order valence-electron chi connectivity index (χ3n) is 3.36. The Hall–Kier alpha value is -1.26. The lowest BCUT2D eigenvalue weighted by Crippen LogP contribution is -2.29. The average molecular weight is 298 g/mol. The van der Waals surface area contributed by atoms with Gasteiger partial charge in [0.15, 0.2) is 0 Å². The summed E-state index contributed by atoms with van der Waals surface area (Å²) in [5.41, 5.74) is 6.65. The number of rotatable bonds is 7. The number of benzene rings is 1. The van der Waals surface area contributed by atoms with Crippen molar-refractivity contribution in [2.45, 2.75) is 32.7 Å². The van der Waals surface area contributed by atoms with Gasteiger partial charge in [-0.15, -0.1) is 0 Å². The Morgan fingerprint density at radius 1 is 1.40 bits per heavy atom. The molecule has 0 bridgehead atoms. The number of anilines is 1. The summed E-state index contributed by atoms with van der Waals surface area (Å²) in [6, 6.07) is 5.48. The Morgan fingerprint density at radius 2 is 2.10 bits per heavy atom. The molecule has 0 atom stereocenters. The van der Waals surface area contributed by atoms with Gasteiger partial charge in [0.2, 0.25) is 0 Å². The largest absolute Gasteiger partial charge is 0.398 e. The van der Waals surface area contributed by atoms with Gasteiger partial charge in [0.05, 0.1) is 10.7 Å². The van der Waals surface area contributed by atoms with Gasteiger partial charge in [0.1, 0.15) is 0 Å². The molecule has 1 aromatic rings. The number of hydrogen-bond acceptors (Lipinski definition) is 3. The molecule has 0 aliphatic heterocycles. The molecule has 0 spiro atoms. The molecule has 0 unspecified atom stereocenters. The normalized spacial score (nSPS) is 11.1. The number of nitrogens with zero attached hydrogens (tertiary/aromatic N) is 1. The molecule has 20 heavy (non-hydrogen) atoms. The molecular formula is C15H24ClN3O. The van der Waals surface area contributed by atoms with Gasteiger partial charge in [0, 0.05) is 18.2 Å². The molecule has 5 heteroatoms. The number of carbonyl (C=O) groups is 1. The van der Waals surface area contributed by atoms with Crippen molar-refractivity contribution in [2.75, 3.05) is 25.9 Å². The van der Waals surface area contributed by atoms with E-state index in [1.54, 1.807) is 18.2 Å². The van der Waals surface area contributed by atoms with Gasteiger partial charge in [-0.25, -0.2) is 0 Å². The van der Waals surface area contributed by atoms with Crippen LogP contribution < -0.4 is 11.1 Å². The zero-order chi connectivity index (χ0) is 15.1. The number of nitrogens with two attached hydrogens (primary N) is 1. The Labute approximate surface area is 126 Å². The van der Waals surface area contributed by atoms with Crippen molar-refractivity contribution in [1.29, 1.82) is 0 Å². The quantitative estimate of drug-likeness (QED) is 0.601. The third-order valence-corrected chi connectivity index (χ3v) is 3.71. The van der Waals surface area contributed by atoms with Crippen LogP contribution in [-0.2, 0) is 0 Å². The lowest BCUT2D eigenvalue weighted by molar-refractivity contribution is 0.0952. The number of halogens is 1. The maximum atomic E-state index is 11.9. The van der Waals surface area contributed by atoms with Crippen LogP contribution in [0, 0.1) is 0 Å². The topological polar surface area (TPSA) is 58.4 Å². The summed E-state index contributed by atoms with van der Waals surface area (Å²) in [4.78, 5) is 14.2. The molecule has 0 fully saturated rings. The standard InChI is InChI=1S/C15H24ClN3O/c1-11(2)19(3)9-5-4-8-18-15(20)12-6-7-13(16)14(17)10-12/h6-7,10-11H,4-5,8-9,17H2,1-3H3,(H,18,20). The van der Waals surface area contributed by atoms with E-state index in [4.69, 9.17) is 17.3 Å². The summed E-state index contributed by atoms with van der Waals surface area (Å²) < 4.78 is 0. The minimum atomic E-state index is -0.106. The third kappa shape index (κ3) is 5.39. The molecule has 4 nitrogen and oxygen atoms in total. The predicted molar refractivity (Wildman–Crippen MR) is 85.2 cm³/mol. The highest BCUT2D eigenvalue weighted by atomic mass is 35.5.